The second-order valence-corrected chi connectivity index (χ2v) is 5.58. The fourth-order valence-electron chi connectivity index (χ4n) is 2.41. The first-order valence-corrected chi connectivity index (χ1v) is 7.34. The second-order valence-electron chi connectivity index (χ2n) is 5.14. The number of aryl methyl sites for hydroxylation is 2. The predicted molar refractivity (Wildman–Crippen MR) is 87.8 cm³/mol. The molecule has 0 spiro atoms. The number of halogens is 1. The molecule has 0 aliphatic rings. The topological polar surface area (TPSA) is 51.5 Å². The van der Waals surface area contributed by atoms with Crippen LogP contribution in [0.15, 0.2) is 30.5 Å². The summed E-state index contributed by atoms with van der Waals surface area (Å²) in [5.41, 5.74) is 3.82. The molecule has 1 aromatic carbocycles. The van der Waals surface area contributed by atoms with E-state index in [1.54, 1.807) is 13.2 Å². The molecule has 0 aliphatic carbocycles. The van der Waals surface area contributed by atoms with Gasteiger partial charge >= 0.3 is 0 Å². The van der Waals surface area contributed by atoms with E-state index < -0.39 is 0 Å². The number of ether oxygens (including phenoxy) is 1. The van der Waals surface area contributed by atoms with Crippen molar-refractivity contribution in [3.63, 3.8) is 0 Å². The molecule has 0 amide bonds. The summed E-state index contributed by atoms with van der Waals surface area (Å²) in [6.07, 6.45) is 1.99. The summed E-state index contributed by atoms with van der Waals surface area (Å²) in [5, 5.41) is 3.96. The average molecular weight is 317 g/mol. The predicted octanol–water partition coefficient (Wildman–Crippen LogP) is 3.62. The molecule has 3 rings (SSSR count). The SMILES string of the molecule is COc1ccc(Cl)cc1NCc1cn2c(C)cc(C)nc2n1. The zero-order valence-electron chi connectivity index (χ0n) is 12.7. The van der Waals surface area contributed by atoms with Crippen molar-refractivity contribution < 1.29 is 4.74 Å². The van der Waals surface area contributed by atoms with Crippen molar-refractivity contribution in [2.45, 2.75) is 20.4 Å². The van der Waals surface area contributed by atoms with Crippen molar-refractivity contribution in [2.24, 2.45) is 0 Å². The van der Waals surface area contributed by atoms with Gasteiger partial charge in [-0.3, -0.25) is 4.40 Å². The Morgan fingerprint density at radius 1 is 1.23 bits per heavy atom. The standard InChI is InChI=1S/C16H17ClN4O/c1-10-6-11(2)21-9-13(20-16(21)19-10)8-18-14-7-12(17)4-5-15(14)22-3/h4-7,9,18H,8H2,1-3H3. The quantitative estimate of drug-likeness (QED) is 0.798. The molecular weight excluding hydrogens is 300 g/mol. The van der Waals surface area contributed by atoms with Gasteiger partial charge in [0.1, 0.15) is 5.75 Å². The highest BCUT2D eigenvalue weighted by molar-refractivity contribution is 6.30. The van der Waals surface area contributed by atoms with Crippen molar-refractivity contribution in [3.8, 4) is 5.75 Å². The molecule has 0 aliphatic heterocycles. The Morgan fingerprint density at radius 2 is 2.05 bits per heavy atom. The normalized spacial score (nSPS) is 10.9. The summed E-state index contributed by atoms with van der Waals surface area (Å²) in [6, 6.07) is 7.51. The van der Waals surface area contributed by atoms with E-state index in [0.717, 1.165) is 28.5 Å². The van der Waals surface area contributed by atoms with Crippen molar-refractivity contribution >= 4 is 23.1 Å². The van der Waals surface area contributed by atoms with Gasteiger partial charge in [-0.1, -0.05) is 11.6 Å². The number of nitrogens with one attached hydrogen (secondary N) is 1. The van der Waals surface area contributed by atoms with E-state index >= 15 is 0 Å². The van der Waals surface area contributed by atoms with Crippen LogP contribution in [0.25, 0.3) is 5.78 Å². The maximum Gasteiger partial charge on any atom is 0.234 e. The van der Waals surface area contributed by atoms with Gasteiger partial charge in [-0.25, -0.2) is 9.97 Å². The summed E-state index contributed by atoms with van der Waals surface area (Å²) in [7, 11) is 1.63. The van der Waals surface area contributed by atoms with Gasteiger partial charge in [-0.05, 0) is 38.1 Å². The lowest BCUT2D eigenvalue weighted by atomic mass is 10.3. The lowest BCUT2D eigenvalue weighted by molar-refractivity contribution is 0.416. The highest BCUT2D eigenvalue weighted by atomic mass is 35.5. The Hall–Kier alpha value is -2.27. The number of hydrogen-bond donors (Lipinski definition) is 1. The maximum absolute atomic E-state index is 6.03. The number of benzene rings is 1. The van der Waals surface area contributed by atoms with Gasteiger partial charge in [0.15, 0.2) is 0 Å². The smallest absolute Gasteiger partial charge is 0.234 e. The number of hydrogen-bond acceptors (Lipinski definition) is 4. The number of imidazole rings is 1. The van der Waals surface area contributed by atoms with Crippen molar-refractivity contribution in [1.29, 1.82) is 0 Å². The Labute approximate surface area is 133 Å². The van der Waals surface area contributed by atoms with Crippen molar-refractivity contribution in [2.75, 3.05) is 12.4 Å². The number of rotatable bonds is 4. The fourth-order valence-corrected chi connectivity index (χ4v) is 2.58. The van der Waals surface area contributed by atoms with Crippen LogP contribution in [0.4, 0.5) is 5.69 Å². The van der Waals surface area contributed by atoms with E-state index in [1.165, 1.54) is 0 Å². The lowest BCUT2D eigenvalue weighted by Gasteiger charge is -2.10. The Balaban J connectivity index is 1.85. The lowest BCUT2D eigenvalue weighted by Crippen LogP contribution is -2.01. The van der Waals surface area contributed by atoms with Crippen LogP contribution in [0.5, 0.6) is 5.75 Å². The maximum atomic E-state index is 6.03. The van der Waals surface area contributed by atoms with Crippen LogP contribution in [0.1, 0.15) is 17.1 Å². The minimum atomic E-state index is 0.568. The van der Waals surface area contributed by atoms with Crippen LogP contribution in [-0.4, -0.2) is 21.5 Å². The van der Waals surface area contributed by atoms with E-state index in [0.29, 0.717) is 17.3 Å². The first kappa shape index (κ1) is 14.7. The van der Waals surface area contributed by atoms with Gasteiger partial charge in [-0.15, -0.1) is 0 Å². The zero-order chi connectivity index (χ0) is 15.7. The summed E-state index contributed by atoms with van der Waals surface area (Å²) >= 11 is 6.03. The number of aromatic nitrogens is 3. The minimum Gasteiger partial charge on any atom is -0.495 e. The van der Waals surface area contributed by atoms with E-state index in [1.807, 2.05) is 42.6 Å². The average Bonchev–Trinajstić information content (AvgIpc) is 2.88. The number of methoxy groups -OCH3 is 1. The van der Waals surface area contributed by atoms with Crippen molar-refractivity contribution in [1.82, 2.24) is 14.4 Å². The Morgan fingerprint density at radius 3 is 2.82 bits per heavy atom. The van der Waals surface area contributed by atoms with E-state index in [4.69, 9.17) is 16.3 Å². The Bertz CT molecular complexity index is 828. The van der Waals surface area contributed by atoms with E-state index in [9.17, 15) is 0 Å². The molecule has 3 aromatic rings. The molecule has 0 bridgehead atoms. The minimum absolute atomic E-state index is 0.568. The molecule has 1 N–H and O–H groups in total. The summed E-state index contributed by atoms with van der Waals surface area (Å²) < 4.78 is 7.31. The van der Waals surface area contributed by atoms with Crippen LogP contribution >= 0.6 is 11.6 Å². The van der Waals surface area contributed by atoms with Gasteiger partial charge in [0.05, 0.1) is 25.0 Å². The summed E-state index contributed by atoms with van der Waals surface area (Å²) in [4.78, 5) is 8.98. The third-order valence-corrected chi connectivity index (χ3v) is 3.67. The molecule has 0 radical (unpaired) electrons. The highest BCUT2D eigenvalue weighted by Crippen LogP contribution is 2.28. The number of fused-ring (bicyclic) bond motifs is 1. The Kier molecular flexibility index (Phi) is 3.90. The molecule has 22 heavy (non-hydrogen) atoms. The van der Waals surface area contributed by atoms with Crippen LogP contribution in [0.3, 0.4) is 0 Å². The van der Waals surface area contributed by atoms with Crippen LogP contribution < -0.4 is 10.1 Å². The molecule has 6 heteroatoms. The molecule has 0 fully saturated rings. The van der Waals surface area contributed by atoms with Crippen LogP contribution in [0.2, 0.25) is 5.02 Å². The van der Waals surface area contributed by atoms with E-state index in [-0.39, 0.29) is 0 Å². The molecular formula is C16H17ClN4O. The monoisotopic (exact) mass is 316 g/mol. The molecule has 114 valence electrons. The zero-order valence-corrected chi connectivity index (χ0v) is 13.5. The third kappa shape index (κ3) is 2.85. The number of nitrogens with zero attached hydrogens (tertiary/aromatic N) is 3. The van der Waals surface area contributed by atoms with Gasteiger partial charge in [-0.2, -0.15) is 0 Å². The second kappa shape index (κ2) is 5.85. The molecule has 5 nitrogen and oxygen atoms in total. The van der Waals surface area contributed by atoms with Crippen LogP contribution in [0, 0.1) is 13.8 Å². The first-order valence-electron chi connectivity index (χ1n) is 6.96. The fraction of sp³-hybridized carbons (Fsp3) is 0.250. The molecule has 2 heterocycles. The van der Waals surface area contributed by atoms with E-state index in [2.05, 4.69) is 15.3 Å². The van der Waals surface area contributed by atoms with Crippen LogP contribution in [-0.2, 0) is 6.54 Å². The molecule has 0 atom stereocenters. The van der Waals surface area contributed by atoms with Gasteiger partial charge < -0.3 is 10.1 Å². The third-order valence-electron chi connectivity index (χ3n) is 3.43. The molecule has 2 aromatic heterocycles. The van der Waals surface area contributed by atoms with Gasteiger partial charge in [0.25, 0.3) is 0 Å². The molecule has 0 saturated heterocycles. The van der Waals surface area contributed by atoms with Gasteiger partial charge in [0.2, 0.25) is 5.78 Å². The summed E-state index contributed by atoms with van der Waals surface area (Å²) in [6.45, 7) is 4.58. The number of anilines is 1. The molecule has 0 unspecified atom stereocenters. The van der Waals surface area contributed by atoms with Crippen molar-refractivity contribution in [3.05, 3.63) is 52.6 Å². The highest BCUT2D eigenvalue weighted by Gasteiger charge is 2.08. The van der Waals surface area contributed by atoms with Gasteiger partial charge in [0, 0.05) is 22.6 Å². The summed E-state index contributed by atoms with van der Waals surface area (Å²) in [5.74, 6) is 1.46. The largest absolute Gasteiger partial charge is 0.495 e. The molecule has 0 saturated carbocycles. The first-order chi connectivity index (χ1) is 10.6.